The van der Waals surface area contributed by atoms with E-state index in [1.54, 1.807) is 12.1 Å². The maximum absolute atomic E-state index is 13.6. The van der Waals surface area contributed by atoms with Crippen molar-refractivity contribution in [3.8, 4) is 11.3 Å². The van der Waals surface area contributed by atoms with E-state index in [9.17, 15) is 13.2 Å². The minimum atomic E-state index is -3.85. The number of H-pyrrole nitrogens is 1. The number of sulfonamides is 1. The highest BCUT2D eigenvalue weighted by molar-refractivity contribution is 7.89. The van der Waals surface area contributed by atoms with Crippen molar-refractivity contribution in [3.63, 3.8) is 0 Å². The van der Waals surface area contributed by atoms with Crippen molar-refractivity contribution in [3.05, 3.63) is 78.4 Å². The number of carbonyl (C=O) groups is 1. The molecule has 0 saturated carbocycles. The average Bonchev–Trinajstić information content (AvgIpc) is 3.29. The summed E-state index contributed by atoms with van der Waals surface area (Å²) in [6, 6.07) is 21.3. The third kappa shape index (κ3) is 5.02. The van der Waals surface area contributed by atoms with Gasteiger partial charge in [0.15, 0.2) is 0 Å². The Morgan fingerprint density at radius 2 is 1.75 bits per heavy atom. The highest BCUT2D eigenvalue weighted by atomic mass is 32.2. The topological polar surface area (TPSA) is 124 Å². The van der Waals surface area contributed by atoms with Gasteiger partial charge in [-0.15, -0.1) is 0 Å². The van der Waals surface area contributed by atoms with E-state index in [1.165, 1.54) is 12.1 Å². The molecule has 1 aromatic heterocycles. The van der Waals surface area contributed by atoms with Crippen LogP contribution in [0.25, 0.3) is 22.2 Å². The van der Waals surface area contributed by atoms with Crippen LogP contribution in [0.1, 0.15) is 11.6 Å². The van der Waals surface area contributed by atoms with Gasteiger partial charge in [-0.2, -0.15) is 5.10 Å². The number of nitrogens with one attached hydrogen (secondary N) is 2. The van der Waals surface area contributed by atoms with Gasteiger partial charge in [-0.1, -0.05) is 42.5 Å². The van der Waals surface area contributed by atoms with Crippen molar-refractivity contribution >= 4 is 32.5 Å². The third-order valence-corrected chi connectivity index (χ3v) is 7.44. The summed E-state index contributed by atoms with van der Waals surface area (Å²) in [4.78, 5) is 18.1. The molecular weight excluding hydrogens is 476 g/mol. The largest absolute Gasteiger partial charge is 0.324 e. The maximum Gasteiger partial charge on any atom is 0.246 e. The Balaban J connectivity index is 1.46. The molecule has 4 N–H and O–H groups in total. The first-order valence-corrected chi connectivity index (χ1v) is 13.2. The van der Waals surface area contributed by atoms with Crippen LogP contribution in [0, 0.1) is 0 Å². The molecule has 9 nitrogen and oxygen atoms in total. The minimum Gasteiger partial charge on any atom is -0.324 e. The van der Waals surface area contributed by atoms with Gasteiger partial charge >= 0.3 is 0 Å². The van der Waals surface area contributed by atoms with Gasteiger partial charge in [0.25, 0.3) is 0 Å². The van der Waals surface area contributed by atoms with Gasteiger partial charge in [0.2, 0.25) is 15.9 Å². The molecule has 1 amide bonds. The molecule has 5 rings (SSSR count). The minimum absolute atomic E-state index is 0.0125. The van der Waals surface area contributed by atoms with Crippen LogP contribution in [-0.4, -0.2) is 67.5 Å². The fraction of sp³-hybridized carbons (Fsp3) is 0.231. The van der Waals surface area contributed by atoms with Crippen LogP contribution < -0.4 is 10.5 Å². The fourth-order valence-electron chi connectivity index (χ4n) is 4.59. The second kappa shape index (κ2) is 9.82. The van der Waals surface area contributed by atoms with E-state index < -0.39 is 16.1 Å². The molecule has 1 fully saturated rings. The predicted octanol–water partition coefficient (Wildman–Crippen LogP) is 2.80. The van der Waals surface area contributed by atoms with E-state index in [4.69, 9.17) is 5.14 Å². The average molecular weight is 505 g/mol. The predicted molar refractivity (Wildman–Crippen MR) is 140 cm³/mol. The van der Waals surface area contributed by atoms with Gasteiger partial charge in [-0.3, -0.25) is 14.8 Å². The Bertz CT molecular complexity index is 1490. The first-order chi connectivity index (χ1) is 17.3. The standard InChI is InChI=1S/C26H28N6O3S/c1-31-12-14-32(15-13-31)25(18-6-3-2-4-7-18)26(33)28-20-10-11-23-22(17-20)24(30-29-23)19-8-5-9-21(16-19)36(27,34)35/h2-11,16-17,25H,12-15H2,1H3,(H,28,33)(H,29,30)(H2,27,34,35). The quantitative estimate of drug-likeness (QED) is 0.371. The van der Waals surface area contributed by atoms with Crippen LogP contribution >= 0.6 is 0 Å². The molecule has 186 valence electrons. The summed E-state index contributed by atoms with van der Waals surface area (Å²) < 4.78 is 23.6. The van der Waals surface area contributed by atoms with E-state index in [0.29, 0.717) is 16.9 Å². The number of likely N-dealkylation sites (N-methyl/N-ethyl adjacent to an activating group) is 1. The molecule has 1 unspecified atom stereocenters. The molecule has 1 atom stereocenters. The number of carbonyl (C=O) groups excluding carboxylic acids is 1. The van der Waals surface area contributed by atoms with Crippen molar-refractivity contribution in [1.29, 1.82) is 0 Å². The lowest BCUT2D eigenvalue weighted by molar-refractivity contribution is -0.122. The Kier molecular flexibility index (Phi) is 6.59. The van der Waals surface area contributed by atoms with E-state index >= 15 is 0 Å². The molecule has 10 heteroatoms. The van der Waals surface area contributed by atoms with E-state index in [1.807, 2.05) is 48.5 Å². The molecule has 0 aliphatic carbocycles. The van der Waals surface area contributed by atoms with Gasteiger partial charge in [0, 0.05) is 42.8 Å². The number of fused-ring (bicyclic) bond motifs is 1. The third-order valence-electron chi connectivity index (χ3n) is 6.53. The molecule has 1 aliphatic heterocycles. The summed E-state index contributed by atoms with van der Waals surface area (Å²) in [5, 5.41) is 16.5. The lowest BCUT2D eigenvalue weighted by Crippen LogP contribution is -2.48. The number of primary sulfonamides is 1. The fourth-order valence-corrected chi connectivity index (χ4v) is 5.15. The molecule has 0 spiro atoms. The van der Waals surface area contributed by atoms with E-state index in [-0.39, 0.29) is 10.8 Å². The summed E-state index contributed by atoms with van der Waals surface area (Å²) in [7, 11) is -1.76. The second-order valence-corrected chi connectivity index (χ2v) is 10.6. The van der Waals surface area contributed by atoms with Gasteiger partial charge < -0.3 is 10.2 Å². The number of hydrogen-bond donors (Lipinski definition) is 3. The first-order valence-electron chi connectivity index (χ1n) is 11.7. The normalized spacial score (nSPS) is 16.2. The van der Waals surface area contributed by atoms with Crippen molar-refractivity contribution in [2.75, 3.05) is 38.5 Å². The molecule has 2 heterocycles. The summed E-state index contributed by atoms with van der Waals surface area (Å²) in [6.07, 6.45) is 0. The van der Waals surface area contributed by atoms with E-state index in [0.717, 1.165) is 42.6 Å². The Hall–Kier alpha value is -3.57. The summed E-state index contributed by atoms with van der Waals surface area (Å²) in [5.41, 5.74) is 3.53. The van der Waals surface area contributed by atoms with Crippen LogP contribution in [0.2, 0.25) is 0 Å². The zero-order valence-corrected chi connectivity index (χ0v) is 20.7. The number of aromatic nitrogens is 2. The maximum atomic E-state index is 13.6. The highest BCUT2D eigenvalue weighted by Gasteiger charge is 2.30. The van der Waals surface area contributed by atoms with Crippen LogP contribution in [0.3, 0.4) is 0 Å². The molecule has 36 heavy (non-hydrogen) atoms. The van der Waals surface area contributed by atoms with Crippen LogP contribution in [0.5, 0.6) is 0 Å². The molecule has 0 bridgehead atoms. The lowest BCUT2D eigenvalue weighted by atomic mass is 10.0. The number of hydrogen-bond acceptors (Lipinski definition) is 6. The number of nitrogens with zero attached hydrogens (tertiary/aromatic N) is 3. The zero-order valence-electron chi connectivity index (χ0n) is 19.9. The van der Waals surface area contributed by atoms with Crippen LogP contribution in [-0.2, 0) is 14.8 Å². The van der Waals surface area contributed by atoms with Crippen molar-refractivity contribution < 1.29 is 13.2 Å². The molecule has 3 aromatic carbocycles. The number of piperazine rings is 1. The van der Waals surface area contributed by atoms with Crippen molar-refractivity contribution in [2.24, 2.45) is 5.14 Å². The Morgan fingerprint density at radius 1 is 1.00 bits per heavy atom. The summed E-state index contributed by atoms with van der Waals surface area (Å²) in [5.74, 6) is -0.105. The number of anilines is 1. The lowest BCUT2D eigenvalue weighted by Gasteiger charge is -2.37. The second-order valence-electron chi connectivity index (χ2n) is 9.05. The number of nitrogens with two attached hydrogens (primary N) is 1. The number of aromatic amines is 1. The molecule has 1 saturated heterocycles. The zero-order chi connectivity index (χ0) is 25.3. The number of rotatable bonds is 6. The highest BCUT2D eigenvalue weighted by Crippen LogP contribution is 2.31. The Morgan fingerprint density at radius 3 is 2.47 bits per heavy atom. The monoisotopic (exact) mass is 504 g/mol. The first kappa shape index (κ1) is 24.1. The smallest absolute Gasteiger partial charge is 0.246 e. The van der Waals surface area contributed by atoms with Crippen molar-refractivity contribution in [1.82, 2.24) is 20.0 Å². The number of benzene rings is 3. The van der Waals surface area contributed by atoms with E-state index in [2.05, 4.69) is 32.4 Å². The summed E-state index contributed by atoms with van der Waals surface area (Å²) in [6.45, 7) is 3.40. The van der Waals surface area contributed by atoms with Gasteiger partial charge in [0.1, 0.15) is 11.7 Å². The molecule has 4 aromatic rings. The molecule has 0 radical (unpaired) electrons. The van der Waals surface area contributed by atoms with Crippen LogP contribution in [0.15, 0.2) is 77.7 Å². The Labute approximate surface area is 210 Å². The van der Waals surface area contributed by atoms with Gasteiger partial charge in [0.05, 0.1) is 10.4 Å². The molecular formula is C26H28N6O3S. The van der Waals surface area contributed by atoms with Gasteiger partial charge in [-0.05, 0) is 42.9 Å². The van der Waals surface area contributed by atoms with Crippen molar-refractivity contribution in [2.45, 2.75) is 10.9 Å². The van der Waals surface area contributed by atoms with Gasteiger partial charge in [-0.25, -0.2) is 13.6 Å². The molecule has 1 aliphatic rings. The van der Waals surface area contributed by atoms with Crippen LogP contribution in [0.4, 0.5) is 5.69 Å². The SMILES string of the molecule is CN1CCN(C(C(=O)Nc2ccc3[nH]nc(-c4cccc(S(N)(=O)=O)c4)c3c2)c2ccccc2)CC1. The summed E-state index contributed by atoms with van der Waals surface area (Å²) >= 11 is 0. The number of amides is 1.